The molecule has 0 unspecified atom stereocenters. The lowest BCUT2D eigenvalue weighted by atomic mass is 10.1. The maximum absolute atomic E-state index is 13.2. The molecule has 0 saturated carbocycles. The second-order valence-corrected chi connectivity index (χ2v) is 7.37. The van der Waals surface area contributed by atoms with Crippen molar-refractivity contribution in [1.29, 1.82) is 0 Å². The van der Waals surface area contributed by atoms with Gasteiger partial charge in [-0.25, -0.2) is 0 Å². The van der Waals surface area contributed by atoms with Gasteiger partial charge in [-0.15, -0.1) is 0 Å². The summed E-state index contributed by atoms with van der Waals surface area (Å²) in [5, 5.41) is 3.26. The van der Waals surface area contributed by atoms with Crippen LogP contribution in [0.25, 0.3) is 0 Å². The molecule has 3 rings (SSSR count). The number of piperazine rings is 1. The summed E-state index contributed by atoms with van der Waals surface area (Å²) in [4.78, 5) is 29.4. The van der Waals surface area contributed by atoms with Crippen molar-refractivity contribution in [3.05, 3.63) is 65.7 Å². The van der Waals surface area contributed by atoms with Crippen molar-refractivity contribution in [3.8, 4) is 5.75 Å². The highest BCUT2D eigenvalue weighted by Crippen LogP contribution is 2.15. The molecule has 0 atom stereocenters. The van der Waals surface area contributed by atoms with Crippen molar-refractivity contribution in [2.45, 2.75) is 19.8 Å². The van der Waals surface area contributed by atoms with Gasteiger partial charge in [0.1, 0.15) is 5.75 Å². The quantitative estimate of drug-likeness (QED) is 0.692. The Kier molecular flexibility index (Phi) is 8.27. The van der Waals surface area contributed by atoms with Gasteiger partial charge < -0.3 is 19.9 Å². The van der Waals surface area contributed by atoms with Crippen LogP contribution in [0.5, 0.6) is 5.75 Å². The molecule has 30 heavy (non-hydrogen) atoms. The number of nitrogens with zero attached hydrogens (tertiary/aromatic N) is 2. The highest BCUT2D eigenvalue weighted by molar-refractivity contribution is 5.94. The number of carbonyl (C=O) groups is 2. The normalized spacial score (nSPS) is 13.7. The molecule has 1 aliphatic heterocycles. The first-order chi connectivity index (χ1) is 14.7. The Morgan fingerprint density at radius 1 is 1.00 bits per heavy atom. The van der Waals surface area contributed by atoms with Gasteiger partial charge in [-0.1, -0.05) is 30.3 Å². The lowest BCUT2D eigenvalue weighted by Gasteiger charge is -2.29. The number of hydrogen-bond acceptors (Lipinski definition) is 4. The molecule has 1 aliphatic rings. The van der Waals surface area contributed by atoms with Crippen LogP contribution in [-0.4, -0.2) is 67.5 Å². The zero-order valence-electron chi connectivity index (χ0n) is 17.7. The number of amides is 2. The SMILES string of the molecule is CCOc1ccc(C(=O)N(CCC(=O)N2CCNCC2)CCc2ccccc2)cc1. The van der Waals surface area contributed by atoms with Crippen LogP contribution in [-0.2, 0) is 11.2 Å². The molecule has 2 amide bonds. The van der Waals surface area contributed by atoms with Crippen molar-refractivity contribution in [3.63, 3.8) is 0 Å². The van der Waals surface area contributed by atoms with Crippen LogP contribution in [0.4, 0.5) is 0 Å². The maximum Gasteiger partial charge on any atom is 0.253 e. The van der Waals surface area contributed by atoms with Crippen LogP contribution >= 0.6 is 0 Å². The summed E-state index contributed by atoms with van der Waals surface area (Å²) in [6.45, 7) is 6.63. The fourth-order valence-electron chi connectivity index (χ4n) is 3.57. The summed E-state index contributed by atoms with van der Waals surface area (Å²) >= 11 is 0. The lowest BCUT2D eigenvalue weighted by molar-refractivity contribution is -0.131. The first-order valence-corrected chi connectivity index (χ1v) is 10.7. The third-order valence-electron chi connectivity index (χ3n) is 5.28. The number of hydrogen-bond donors (Lipinski definition) is 1. The van der Waals surface area contributed by atoms with E-state index in [0.29, 0.717) is 31.7 Å². The van der Waals surface area contributed by atoms with E-state index in [4.69, 9.17) is 4.74 Å². The minimum atomic E-state index is -0.0536. The number of benzene rings is 2. The summed E-state index contributed by atoms with van der Waals surface area (Å²) in [6.07, 6.45) is 1.10. The van der Waals surface area contributed by atoms with E-state index in [2.05, 4.69) is 17.4 Å². The lowest BCUT2D eigenvalue weighted by Crippen LogP contribution is -2.47. The second-order valence-electron chi connectivity index (χ2n) is 7.37. The van der Waals surface area contributed by atoms with Crippen molar-refractivity contribution >= 4 is 11.8 Å². The Balaban J connectivity index is 1.65. The molecule has 0 bridgehead atoms. The molecule has 6 heteroatoms. The van der Waals surface area contributed by atoms with Gasteiger partial charge in [0.25, 0.3) is 5.91 Å². The second kappa shape index (κ2) is 11.4. The Morgan fingerprint density at radius 3 is 2.37 bits per heavy atom. The number of rotatable bonds is 9. The summed E-state index contributed by atoms with van der Waals surface area (Å²) < 4.78 is 5.47. The topological polar surface area (TPSA) is 61.9 Å². The van der Waals surface area contributed by atoms with Gasteiger partial charge in [0.2, 0.25) is 5.91 Å². The molecular formula is C24H31N3O3. The monoisotopic (exact) mass is 409 g/mol. The van der Waals surface area contributed by atoms with E-state index in [9.17, 15) is 9.59 Å². The van der Waals surface area contributed by atoms with E-state index in [1.54, 1.807) is 17.0 Å². The minimum Gasteiger partial charge on any atom is -0.494 e. The minimum absolute atomic E-state index is 0.0536. The van der Waals surface area contributed by atoms with Crippen molar-refractivity contribution in [2.75, 3.05) is 45.9 Å². The summed E-state index contributed by atoms with van der Waals surface area (Å²) in [7, 11) is 0. The largest absolute Gasteiger partial charge is 0.494 e. The molecular weight excluding hydrogens is 378 g/mol. The van der Waals surface area contributed by atoms with Gasteiger partial charge in [-0.2, -0.15) is 0 Å². The fraction of sp³-hybridized carbons (Fsp3) is 0.417. The van der Waals surface area contributed by atoms with E-state index >= 15 is 0 Å². The summed E-state index contributed by atoms with van der Waals surface area (Å²) in [5.41, 5.74) is 1.79. The first-order valence-electron chi connectivity index (χ1n) is 10.7. The number of carbonyl (C=O) groups excluding carboxylic acids is 2. The molecule has 1 N–H and O–H groups in total. The van der Waals surface area contributed by atoms with Gasteiger partial charge in [-0.3, -0.25) is 9.59 Å². The molecule has 0 spiro atoms. The summed E-state index contributed by atoms with van der Waals surface area (Å²) in [6, 6.07) is 17.3. The molecule has 0 radical (unpaired) electrons. The molecule has 0 aliphatic carbocycles. The summed E-state index contributed by atoms with van der Waals surface area (Å²) in [5.74, 6) is 0.807. The zero-order chi connectivity index (χ0) is 21.2. The van der Waals surface area contributed by atoms with Crippen LogP contribution in [0.15, 0.2) is 54.6 Å². The molecule has 6 nitrogen and oxygen atoms in total. The average molecular weight is 410 g/mol. The van der Waals surface area contributed by atoms with Gasteiger partial charge in [-0.05, 0) is 43.2 Å². The maximum atomic E-state index is 13.2. The molecule has 1 heterocycles. The Hall–Kier alpha value is -2.86. The van der Waals surface area contributed by atoms with E-state index in [1.165, 1.54) is 5.56 Å². The molecule has 1 saturated heterocycles. The van der Waals surface area contributed by atoms with Crippen LogP contribution < -0.4 is 10.1 Å². The molecule has 0 aromatic heterocycles. The van der Waals surface area contributed by atoms with E-state index in [0.717, 1.165) is 38.3 Å². The van der Waals surface area contributed by atoms with E-state index in [1.807, 2.05) is 42.2 Å². The number of nitrogens with one attached hydrogen (secondary N) is 1. The van der Waals surface area contributed by atoms with Gasteiger partial charge in [0, 0.05) is 51.3 Å². The Morgan fingerprint density at radius 2 is 1.70 bits per heavy atom. The molecule has 2 aromatic carbocycles. The highest BCUT2D eigenvalue weighted by Gasteiger charge is 2.20. The molecule has 160 valence electrons. The van der Waals surface area contributed by atoms with Gasteiger partial charge in [0.15, 0.2) is 0 Å². The molecule has 1 fully saturated rings. The number of ether oxygens (including phenoxy) is 1. The Labute approximate surface area is 178 Å². The first kappa shape index (κ1) is 21.8. The third-order valence-corrected chi connectivity index (χ3v) is 5.28. The fourth-order valence-corrected chi connectivity index (χ4v) is 3.57. The van der Waals surface area contributed by atoms with Crippen molar-refractivity contribution < 1.29 is 14.3 Å². The van der Waals surface area contributed by atoms with Crippen LogP contribution in [0.2, 0.25) is 0 Å². The Bertz CT molecular complexity index is 802. The standard InChI is InChI=1S/C24H31N3O3/c1-2-30-22-10-8-21(9-11-22)24(29)27(16-12-20-6-4-3-5-7-20)17-13-23(28)26-18-14-25-15-19-26/h3-11,25H,2,12-19H2,1H3. The third kappa shape index (κ3) is 6.32. The van der Waals surface area contributed by atoms with Crippen molar-refractivity contribution in [2.24, 2.45) is 0 Å². The van der Waals surface area contributed by atoms with E-state index < -0.39 is 0 Å². The van der Waals surface area contributed by atoms with Gasteiger partial charge in [0.05, 0.1) is 6.61 Å². The van der Waals surface area contributed by atoms with Crippen LogP contribution in [0.1, 0.15) is 29.3 Å². The average Bonchev–Trinajstić information content (AvgIpc) is 2.80. The van der Waals surface area contributed by atoms with Crippen molar-refractivity contribution in [1.82, 2.24) is 15.1 Å². The van der Waals surface area contributed by atoms with Gasteiger partial charge >= 0.3 is 0 Å². The van der Waals surface area contributed by atoms with Crippen LogP contribution in [0.3, 0.4) is 0 Å². The zero-order valence-corrected chi connectivity index (χ0v) is 17.7. The predicted octanol–water partition coefficient (Wildman–Crippen LogP) is 2.59. The molecule has 2 aromatic rings. The van der Waals surface area contributed by atoms with E-state index in [-0.39, 0.29) is 11.8 Å². The highest BCUT2D eigenvalue weighted by atomic mass is 16.5. The smallest absolute Gasteiger partial charge is 0.253 e. The predicted molar refractivity (Wildman–Crippen MR) is 118 cm³/mol. The van der Waals surface area contributed by atoms with Crippen LogP contribution in [0, 0.1) is 0 Å².